The molecule has 1 amide bonds. The Morgan fingerprint density at radius 3 is 2.47 bits per heavy atom. The average Bonchev–Trinajstić information content (AvgIpc) is 2.69. The van der Waals surface area contributed by atoms with Crippen molar-refractivity contribution >= 4 is 11.6 Å². The smallest absolute Gasteiger partial charge is 0.217 e. The molecule has 32 heavy (non-hydrogen) atoms. The van der Waals surface area contributed by atoms with Crippen molar-refractivity contribution in [3.63, 3.8) is 0 Å². The fraction of sp³-hybridized carbons (Fsp3) is 0.458. The Bertz CT molecular complexity index is 947. The number of aliphatic hydroxyl groups excluding tert-OH is 1. The highest BCUT2D eigenvalue weighted by Crippen LogP contribution is 2.34. The molecule has 0 spiro atoms. The summed E-state index contributed by atoms with van der Waals surface area (Å²) in [7, 11) is 0. The maximum atomic E-state index is 14.4. The number of carbonyl (C=O) groups excluding carboxylic acids is 1. The van der Waals surface area contributed by atoms with Gasteiger partial charge < -0.3 is 21.1 Å². The zero-order valence-corrected chi connectivity index (χ0v) is 18.5. The molecule has 5 nitrogen and oxygen atoms in total. The highest BCUT2D eigenvalue weighted by atomic mass is 19.1. The highest BCUT2D eigenvalue weighted by molar-refractivity contribution is 5.73. The number of halogens is 3. The fourth-order valence-electron chi connectivity index (χ4n) is 4.14. The van der Waals surface area contributed by atoms with E-state index in [0.29, 0.717) is 17.7 Å². The minimum absolute atomic E-state index is 0.0317. The molecule has 0 aromatic heterocycles. The minimum atomic E-state index is -1.01. The van der Waals surface area contributed by atoms with Crippen LogP contribution < -0.4 is 16.0 Å². The van der Waals surface area contributed by atoms with E-state index in [1.165, 1.54) is 25.1 Å². The predicted octanol–water partition coefficient (Wildman–Crippen LogP) is 3.78. The van der Waals surface area contributed by atoms with E-state index in [1.54, 1.807) is 0 Å². The van der Waals surface area contributed by atoms with E-state index in [-0.39, 0.29) is 36.6 Å². The van der Waals surface area contributed by atoms with Crippen molar-refractivity contribution in [2.45, 2.75) is 57.7 Å². The Kier molecular flexibility index (Phi) is 7.79. The summed E-state index contributed by atoms with van der Waals surface area (Å²) >= 11 is 0. The van der Waals surface area contributed by atoms with Crippen LogP contribution in [0.1, 0.15) is 55.8 Å². The molecule has 0 fully saturated rings. The highest BCUT2D eigenvalue weighted by Gasteiger charge is 2.26. The van der Waals surface area contributed by atoms with Gasteiger partial charge in [-0.15, -0.1) is 0 Å². The van der Waals surface area contributed by atoms with Crippen molar-refractivity contribution in [2.24, 2.45) is 0 Å². The number of anilines is 1. The monoisotopic (exact) mass is 449 g/mol. The van der Waals surface area contributed by atoms with Gasteiger partial charge in [0.15, 0.2) is 0 Å². The number of hydrogen-bond acceptors (Lipinski definition) is 4. The standard InChI is InChI=1S/C24H30F3N3O2/c1-13(2)18-10-19-21(4-5-28-22(19)11-20(18)27)29-12-24(32)23(30-14(3)31)8-15-6-16(25)9-17(26)7-15/h6-7,9-11,13,21,23-24,28-29,32H,4-5,8,12H2,1-3H3,(H,30,31)/t21-,23-,24-/m0/s1. The molecule has 0 bridgehead atoms. The molecule has 3 atom stereocenters. The lowest BCUT2D eigenvalue weighted by molar-refractivity contribution is -0.120. The van der Waals surface area contributed by atoms with E-state index in [9.17, 15) is 23.1 Å². The third kappa shape index (κ3) is 6.01. The van der Waals surface area contributed by atoms with Crippen molar-refractivity contribution < 1.29 is 23.1 Å². The maximum absolute atomic E-state index is 14.4. The van der Waals surface area contributed by atoms with Crippen LogP contribution in [0, 0.1) is 17.5 Å². The summed E-state index contributed by atoms with van der Waals surface area (Å²) < 4.78 is 41.5. The summed E-state index contributed by atoms with van der Waals surface area (Å²) in [6.45, 7) is 5.98. The van der Waals surface area contributed by atoms with Crippen LogP contribution in [-0.2, 0) is 11.2 Å². The largest absolute Gasteiger partial charge is 0.390 e. The second-order valence-electron chi connectivity index (χ2n) is 8.65. The van der Waals surface area contributed by atoms with Gasteiger partial charge in [-0.2, -0.15) is 0 Å². The summed E-state index contributed by atoms with van der Waals surface area (Å²) in [4.78, 5) is 11.7. The summed E-state index contributed by atoms with van der Waals surface area (Å²) in [5.41, 5.74) is 2.62. The Hall–Kier alpha value is -2.58. The maximum Gasteiger partial charge on any atom is 0.217 e. The Morgan fingerprint density at radius 2 is 1.84 bits per heavy atom. The minimum Gasteiger partial charge on any atom is -0.390 e. The molecule has 2 aromatic rings. The number of amides is 1. The molecule has 1 aliphatic heterocycles. The lowest BCUT2D eigenvalue weighted by atomic mass is 9.91. The first-order chi connectivity index (χ1) is 15.1. The van der Waals surface area contributed by atoms with Crippen LogP contribution in [0.4, 0.5) is 18.9 Å². The first-order valence-corrected chi connectivity index (χ1v) is 10.8. The van der Waals surface area contributed by atoms with Crippen LogP contribution in [-0.4, -0.2) is 36.2 Å². The van der Waals surface area contributed by atoms with Gasteiger partial charge >= 0.3 is 0 Å². The van der Waals surface area contributed by atoms with Gasteiger partial charge in [0.2, 0.25) is 5.91 Å². The molecule has 0 saturated carbocycles. The second kappa shape index (κ2) is 10.4. The molecular weight excluding hydrogens is 419 g/mol. The lowest BCUT2D eigenvalue weighted by Crippen LogP contribution is -2.48. The zero-order chi connectivity index (χ0) is 23.4. The molecule has 2 aromatic carbocycles. The Labute approximate surface area is 186 Å². The van der Waals surface area contributed by atoms with Gasteiger partial charge in [0.25, 0.3) is 0 Å². The number of carbonyl (C=O) groups is 1. The summed E-state index contributed by atoms with van der Waals surface area (Å²) in [6.07, 6.45) is -0.195. The van der Waals surface area contributed by atoms with Crippen molar-refractivity contribution in [2.75, 3.05) is 18.4 Å². The van der Waals surface area contributed by atoms with Crippen molar-refractivity contribution in [3.05, 3.63) is 64.5 Å². The number of aliphatic hydroxyl groups is 1. The molecule has 0 aliphatic carbocycles. The van der Waals surface area contributed by atoms with Crippen LogP contribution in [0.15, 0.2) is 30.3 Å². The molecule has 174 valence electrons. The van der Waals surface area contributed by atoms with Crippen LogP contribution in [0.5, 0.6) is 0 Å². The molecule has 3 rings (SSSR count). The SMILES string of the molecule is CC(=O)N[C@@H](Cc1cc(F)cc(F)c1)[C@@H](O)CN[C@H]1CCNc2cc(F)c(C(C)C)cc21. The van der Waals surface area contributed by atoms with Gasteiger partial charge in [-0.05, 0) is 59.7 Å². The van der Waals surface area contributed by atoms with E-state index in [2.05, 4.69) is 16.0 Å². The number of nitrogens with one attached hydrogen (secondary N) is 3. The molecule has 1 heterocycles. The molecule has 0 radical (unpaired) electrons. The number of rotatable bonds is 8. The van der Waals surface area contributed by atoms with E-state index in [0.717, 1.165) is 23.7 Å². The first-order valence-electron chi connectivity index (χ1n) is 10.8. The molecule has 0 saturated heterocycles. The summed E-state index contributed by atoms with van der Waals surface area (Å²) in [6, 6.07) is 5.66. The van der Waals surface area contributed by atoms with E-state index in [1.807, 2.05) is 19.9 Å². The Morgan fingerprint density at radius 1 is 1.16 bits per heavy atom. The first kappa shape index (κ1) is 24.1. The third-order valence-corrected chi connectivity index (χ3v) is 5.72. The molecule has 1 aliphatic rings. The van der Waals surface area contributed by atoms with Crippen LogP contribution in [0.2, 0.25) is 0 Å². The predicted molar refractivity (Wildman–Crippen MR) is 118 cm³/mol. The topological polar surface area (TPSA) is 73.4 Å². The van der Waals surface area contributed by atoms with E-state index >= 15 is 0 Å². The zero-order valence-electron chi connectivity index (χ0n) is 18.5. The summed E-state index contributed by atoms with van der Waals surface area (Å²) in [5, 5.41) is 20.0. The molecule has 0 unspecified atom stereocenters. The Balaban J connectivity index is 1.73. The number of hydrogen-bond donors (Lipinski definition) is 4. The van der Waals surface area contributed by atoms with Crippen LogP contribution >= 0.6 is 0 Å². The molecule has 8 heteroatoms. The van der Waals surface area contributed by atoms with Gasteiger partial charge in [0.05, 0.1) is 12.1 Å². The van der Waals surface area contributed by atoms with Gasteiger partial charge in [0, 0.05) is 37.8 Å². The van der Waals surface area contributed by atoms with Crippen molar-refractivity contribution in [1.29, 1.82) is 0 Å². The second-order valence-corrected chi connectivity index (χ2v) is 8.65. The van der Waals surface area contributed by atoms with Gasteiger partial charge in [-0.25, -0.2) is 13.2 Å². The van der Waals surface area contributed by atoms with Crippen LogP contribution in [0.25, 0.3) is 0 Å². The van der Waals surface area contributed by atoms with E-state index < -0.39 is 23.8 Å². The fourth-order valence-corrected chi connectivity index (χ4v) is 4.14. The van der Waals surface area contributed by atoms with Crippen molar-refractivity contribution in [1.82, 2.24) is 10.6 Å². The molecular formula is C24H30F3N3O2. The van der Waals surface area contributed by atoms with Gasteiger partial charge in [-0.3, -0.25) is 4.79 Å². The molecule has 4 N–H and O–H groups in total. The number of fused-ring (bicyclic) bond motifs is 1. The third-order valence-electron chi connectivity index (χ3n) is 5.72. The quantitative estimate of drug-likeness (QED) is 0.495. The summed E-state index contributed by atoms with van der Waals surface area (Å²) in [5.74, 6) is -2.00. The van der Waals surface area contributed by atoms with E-state index in [4.69, 9.17) is 0 Å². The normalized spacial score (nSPS) is 17.4. The average molecular weight is 450 g/mol. The van der Waals surface area contributed by atoms with Gasteiger partial charge in [-0.1, -0.05) is 13.8 Å². The lowest BCUT2D eigenvalue weighted by Gasteiger charge is -2.31. The van der Waals surface area contributed by atoms with Crippen molar-refractivity contribution in [3.8, 4) is 0 Å². The van der Waals surface area contributed by atoms with Gasteiger partial charge in [0.1, 0.15) is 17.5 Å². The number of benzene rings is 2. The van der Waals surface area contributed by atoms with Crippen LogP contribution in [0.3, 0.4) is 0 Å².